The third-order valence-electron chi connectivity index (χ3n) is 2.64. The molecule has 0 aliphatic rings. The van der Waals surface area contributed by atoms with Gasteiger partial charge in [0.05, 0.1) is 7.11 Å². The highest BCUT2D eigenvalue weighted by Crippen LogP contribution is 2.01. The molecule has 0 fully saturated rings. The molecule has 96 valence electrons. The van der Waals surface area contributed by atoms with Gasteiger partial charge in [0, 0.05) is 6.42 Å². The molecule has 0 aromatic heterocycles. The lowest BCUT2D eigenvalue weighted by molar-refractivity contribution is -0.140. The Bertz CT molecular complexity index is 174. The first-order chi connectivity index (χ1) is 7.70. The van der Waals surface area contributed by atoms with E-state index >= 15 is 0 Å². The number of hydrogen-bond donors (Lipinski definition) is 1. The SMILES string of the molecule is COC(=O)CCCN(C)CCCCCCN. The number of carbonyl (C=O) groups is 1. The average Bonchev–Trinajstić information content (AvgIpc) is 2.28. The number of ether oxygens (including phenoxy) is 1. The maximum atomic E-state index is 10.9. The van der Waals surface area contributed by atoms with Gasteiger partial charge >= 0.3 is 5.97 Å². The van der Waals surface area contributed by atoms with E-state index in [-0.39, 0.29) is 5.97 Å². The van der Waals surface area contributed by atoms with Crippen molar-refractivity contribution in [1.29, 1.82) is 0 Å². The minimum absolute atomic E-state index is 0.114. The van der Waals surface area contributed by atoms with E-state index in [1.165, 1.54) is 26.4 Å². The van der Waals surface area contributed by atoms with Gasteiger partial charge in [0.1, 0.15) is 0 Å². The highest BCUT2D eigenvalue weighted by Gasteiger charge is 2.02. The zero-order chi connectivity index (χ0) is 12.2. The fourth-order valence-electron chi connectivity index (χ4n) is 1.59. The summed E-state index contributed by atoms with van der Waals surface area (Å²) in [6.45, 7) is 2.87. The van der Waals surface area contributed by atoms with Crippen LogP contribution in [0, 0.1) is 0 Å². The van der Waals surface area contributed by atoms with Crippen LogP contribution in [0.25, 0.3) is 0 Å². The summed E-state index contributed by atoms with van der Waals surface area (Å²) >= 11 is 0. The van der Waals surface area contributed by atoms with Crippen molar-refractivity contribution in [2.75, 3.05) is 33.8 Å². The van der Waals surface area contributed by atoms with E-state index in [1.54, 1.807) is 0 Å². The van der Waals surface area contributed by atoms with Crippen molar-refractivity contribution in [2.45, 2.75) is 38.5 Å². The molecule has 0 amide bonds. The van der Waals surface area contributed by atoms with Crippen LogP contribution in [-0.2, 0) is 9.53 Å². The Labute approximate surface area is 99.1 Å². The van der Waals surface area contributed by atoms with E-state index in [0.29, 0.717) is 6.42 Å². The lowest BCUT2D eigenvalue weighted by Crippen LogP contribution is -2.21. The van der Waals surface area contributed by atoms with Gasteiger partial charge < -0.3 is 15.4 Å². The number of esters is 1. The lowest BCUT2D eigenvalue weighted by atomic mass is 10.2. The molecule has 4 heteroatoms. The second-order valence-electron chi connectivity index (χ2n) is 4.19. The predicted octanol–water partition coefficient (Wildman–Crippen LogP) is 1.39. The minimum Gasteiger partial charge on any atom is -0.469 e. The molecule has 0 radical (unpaired) electrons. The second kappa shape index (κ2) is 10.9. The van der Waals surface area contributed by atoms with Crippen LogP contribution in [-0.4, -0.2) is 44.7 Å². The third-order valence-corrected chi connectivity index (χ3v) is 2.64. The van der Waals surface area contributed by atoms with E-state index < -0.39 is 0 Å². The summed E-state index contributed by atoms with van der Waals surface area (Å²) in [5, 5.41) is 0. The Morgan fingerprint density at radius 2 is 1.75 bits per heavy atom. The topological polar surface area (TPSA) is 55.6 Å². The predicted molar refractivity (Wildman–Crippen MR) is 66.3 cm³/mol. The van der Waals surface area contributed by atoms with Crippen molar-refractivity contribution in [1.82, 2.24) is 4.90 Å². The summed E-state index contributed by atoms with van der Waals surface area (Å²) in [7, 11) is 3.53. The van der Waals surface area contributed by atoms with Gasteiger partial charge in [-0.3, -0.25) is 4.79 Å². The Hall–Kier alpha value is -0.610. The van der Waals surface area contributed by atoms with Crippen molar-refractivity contribution < 1.29 is 9.53 Å². The molecule has 0 heterocycles. The van der Waals surface area contributed by atoms with Gasteiger partial charge in [0.25, 0.3) is 0 Å². The van der Waals surface area contributed by atoms with Crippen LogP contribution in [0.1, 0.15) is 38.5 Å². The van der Waals surface area contributed by atoms with Crippen LogP contribution in [0.5, 0.6) is 0 Å². The molecule has 2 N–H and O–H groups in total. The maximum Gasteiger partial charge on any atom is 0.305 e. The van der Waals surface area contributed by atoms with Crippen LogP contribution in [0.15, 0.2) is 0 Å². The molecule has 0 unspecified atom stereocenters. The normalized spacial score (nSPS) is 10.8. The fraction of sp³-hybridized carbons (Fsp3) is 0.917. The molecule has 0 aromatic carbocycles. The van der Waals surface area contributed by atoms with E-state index in [1.807, 2.05) is 0 Å². The molecular formula is C12H26N2O2. The number of carbonyl (C=O) groups excluding carboxylic acids is 1. The van der Waals surface area contributed by atoms with Crippen molar-refractivity contribution >= 4 is 5.97 Å². The third kappa shape index (κ3) is 9.93. The zero-order valence-electron chi connectivity index (χ0n) is 10.7. The summed E-state index contributed by atoms with van der Waals surface area (Å²) in [5.74, 6) is -0.114. The quantitative estimate of drug-likeness (QED) is 0.455. The Kier molecular flexibility index (Phi) is 10.5. The number of nitrogens with two attached hydrogens (primary N) is 1. The van der Waals surface area contributed by atoms with Gasteiger partial charge in [0.15, 0.2) is 0 Å². The van der Waals surface area contributed by atoms with E-state index in [9.17, 15) is 4.79 Å². The molecule has 0 aliphatic carbocycles. The van der Waals surface area contributed by atoms with Crippen molar-refractivity contribution in [3.8, 4) is 0 Å². The Morgan fingerprint density at radius 1 is 1.12 bits per heavy atom. The first kappa shape index (κ1) is 15.4. The number of unbranched alkanes of at least 4 members (excludes halogenated alkanes) is 3. The number of nitrogens with zero attached hydrogens (tertiary/aromatic N) is 1. The molecule has 0 aromatic rings. The monoisotopic (exact) mass is 230 g/mol. The second-order valence-corrected chi connectivity index (χ2v) is 4.19. The van der Waals surface area contributed by atoms with Crippen molar-refractivity contribution in [3.05, 3.63) is 0 Å². The molecule has 0 spiro atoms. The van der Waals surface area contributed by atoms with Gasteiger partial charge in [-0.2, -0.15) is 0 Å². The number of rotatable bonds is 10. The molecule has 0 aliphatic heterocycles. The summed E-state index contributed by atoms with van der Waals surface area (Å²) in [5.41, 5.74) is 5.42. The van der Waals surface area contributed by atoms with Gasteiger partial charge in [-0.25, -0.2) is 0 Å². The highest BCUT2D eigenvalue weighted by atomic mass is 16.5. The molecule has 0 atom stereocenters. The van der Waals surface area contributed by atoms with Crippen LogP contribution in [0.3, 0.4) is 0 Å². The van der Waals surface area contributed by atoms with Gasteiger partial charge in [-0.05, 0) is 45.9 Å². The first-order valence-corrected chi connectivity index (χ1v) is 6.16. The molecule has 0 bridgehead atoms. The Balaban J connectivity index is 3.24. The summed E-state index contributed by atoms with van der Waals surface area (Å²) in [6.07, 6.45) is 6.23. The molecule has 0 saturated carbocycles. The molecule has 0 saturated heterocycles. The van der Waals surface area contributed by atoms with Gasteiger partial charge in [-0.1, -0.05) is 12.8 Å². The number of methoxy groups -OCH3 is 1. The lowest BCUT2D eigenvalue weighted by Gasteiger charge is -2.15. The number of hydrogen-bond acceptors (Lipinski definition) is 4. The van der Waals surface area contributed by atoms with Gasteiger partial charge in [-0.15, -0.1) is 0 Å². The molecule has 16 heavy (non-hydrogen) atoms. The van der Waals surface area contributed by atoms with Gasteiger partial charge in [0.2, 0.25) is 0 Å². The zero-order valence-corrected chi connectivity index (χ0v) is 10.7. The maximum absolute atomic E-state index is 10.9. The van der Waals surface area contributed by atoms with E-state index in [4.69, 9.17) is 5.73 Å². The highest BCUT2D eigenvalue weighted by molar-refractivity contribution is 5.69. The first-order valence-electron chi connectivity index (χ1n) is 6.16. The summed E-state index contributed by atoms with van der Waals surface area (Å²) in [6, 6.07) is 0. The molecule has 4 nitrogen and oxygen atoms in total. The standard InChI is InChI=1S/C12H26N2O2/c1-14(10-6-4-3-5-9-13)11-7-8-12(15)16-2/h3-11,13H2,1-2H3. The van der Waals surface area contributed by atoms with Crippen LogP contribution in [0.4, 0.5) is 0 Å². The van der Waals surface area contributed by atoms with Crippen LogP contribution >= 0.6 is 0 Å². The van der Waals surface area contributed by atoms with Crippen LogP contribution in [0.2, 0.25) is 0 Å². The van der Waals surface area contributed by atoms with Crippen LogP contribution < -0.4 is 5.73 Å². The van der Waals surface area contributed by atoms with E-state index in [0.717, 1.165) is 32.5 Å². The Morgan fingerprint density at radius 3 is 2.38 bits per heavy atom. The molecular weight excluding hydrogens is 204 g/mol. The summed E-state index contributed by atoms with van der Waals surface area (Å²) < 4.78 is 4.59. The van der Waals surface area contributed by atoms with E-state index in [2.05, 4.69) is 16.7 Å². The fourth-order valence-corrected chi connectivity index (χ4v) is 1.59. The molecule has 0 rings (SSSR count). The summed E-state index contributed by atoms with van der Waals surface area (Å²) in [4.78, 5) is 13.1. The largest absolute Gasteiger partial charge is 0.469 e. The average molecular weight is 230 g/mol. The minimum atomic E-state index is -0.114. The van der Waals surface area contributed by atoms with Crippen molar-refractivity contribution in [2.24, 2.45) is 5.73 Å². The smallest absolute Gasteiger partial charge is 0.305 e. The van der Waals surface area contributed by atoms with Crippen molar-refractivity contribution in [3.63, 3.8) is 0 Å².